The summed E-state index contributed by atoms with van der Waals surface area (Å²) in [5.41, 5.74) is 0. The van der Waals surface area contributed by atoms with Crippen LogP contribution in [0.1, 0.15) is 13.3 Å². The minimum Gasteiger partial charge on any atom is -0.382 e. The second kappa shape index (κ2) is 10.7. The van der Waals surface area contributed by atoms with Gasteiger partial charge in [-0.2, -0.15) is 0 Å². The van der Waals surface area contributed by atoms with E-state index in [9.17, 15) is 0 Å². The molecule has 1 fully saturated rings. The first-order valence-electron chi connectivity index (χ1n) is 6.80. The molecule has 0 aromatic rings. The predicted molar refractivity (Wildman–Crippen MR) is 69.9 cm³/mol. The average Bonchev–Trinajstić information content (AvgIpc) is 2.39. The highest BCUT2D eigenvalue weighted by atomic mass is 16.5. The lowest BCUT2D eigenvalue weighted by Gasteiger charge is -2.29. The fourth-order valence-electron chi connectivity index (χ4n) is 1.96. The van der Waals surface area contributed by atoms with E-state index in [1.165, 1.54) is 0 Å². The summed E-state index contributed by atoms with van der Waals surface area (Å²) in [7, 11) is 1.67. The molecule has 0 spiro atoms. The molecule has 0 aromatic carbocycles. The van der Waals surface area contributed by atoms with Crippen molar-refractivity contribution in [1.82, 2.24) is 5.32 Å². The maximum Gasteiger partial charge on any atom is 0.0701 e. The molecule has 1 aliphatic rings. The first-order chi connectivity index (χ1) is 8.84. The molecule has 2 unspecified atom stereocenters. The normalized spacial score (nSPS) is 24.3. The molecular weight excluding hydrogens is 234 g/mol. The Morgan fingerprint density at radius 1 is 1.11 bits per heavy atom. The van der Waals surface area contributed by atoms with Crippen LogP contribution in [0.4, 0.5) is 0 Å². The fourth-order valence-corrected chi connectivity index (χ4v) is 1.96. The molecule has 2 atom stereocenters. The number of nitrogens with one attached hydrogen (secondary N) is 1. The zero-order valence-corrected chi connectivity index (χ0v) is 11.7. The number of rotatable bonds is 10. The van der Waals surface area contributed by atoms with E-state index in [4.69, 9.17) is 18.9 Å². The van der Waals surface area contributed by atoms with Crippen molar-refractivity contribution in [2.24, 2.45) is 5.92 Å². The van der Waals surface area contributed by atoms with Crippen molar-refractivity contribution in [2.75, 3.05) is 59.9 Å². The molecule has 0 aromatic heterocycles. The second-order valence-electron chi connectivity index (χ2n) is 4.62. The van der Waals surface area contributed by atoms with Crippen LogP contribution in [0.2, 0.25) is 0 Å². The van der Waals surface area contributed by atoms with Gasteiger partial charge in [-0.05, 0) is 12.3 Å². The summed E-state index contributed by atoms with van der Waals surface area (Å²) in [6.45, 7) is 8.15. The van der Waals surface area contributed by atoms with Gasteiger partial charge in [0.2, 0.25) is 0 Å². The van der Waals surface area contributed by atoms with Gasteiger partial charge in [-0.3, -0.25) is 0 Å². The van der Waals surface area contributed by atoms with Crippen molar-refractivity contribution in [2.45, 2.75) is 19.4 Å². The van der Waals surface area contributed by atoms with E-state index in [1.54, 1.807) is 7.11 Å². The van der Waals surface area contributed by atoms with Crippen molar-refractivity contribution in [3.8, 4) is 0 Å². The lowest BCUT2D eigenvalue weighted by Crippen LogP contribution is -2.42. The first-order valence-corrected chi connectivity index (χ1v) is 6.80. The van der Waals surface area contributed by atoms with E-state index in [0.717, 1.165) is 32.8 Å². The minimum absolute atomic E-state index is 0.570. The van der Waals surface area contributed by atoms with Crippen molar-refractivity contribution in [1.29, 1.82) is 0 Å². The van der Waals surface area contributed by atoms with Crippen molar-refractivity contribution < 1.29 is 18.9 Å². The third kappa shape index (κ3) is 7.28. The standard InChI is InChI=1S/C13H27NO4/c1-12-11-18-5-3-13(12)14-4-6-16-9-10-17-8-7-15-2/h12-14H,3-11H2,1-2H3. The van der Waals surface area contributed by atoms with E-state index >= 15 is 0 Å². The number of hydrogen-bond acceptors (Lipinski definition) is 5. The largest absolute Gasteiger partial charge is 0.382 e. The molecular formula is C13H27NO4. The fraction of sp³-hybridized carbons (Fsp3) is 1.00. The molecule has 1 N–H and O–H groups in total. The van der Waals surface area contributed by atoms with Crippen LogP contribution in [-0.4, -0.2) is 65.9 Å². The predicted octanol–water partition coefficient (Wildman–Crippen LogP) is 0.681. The van der Waals surface area contributed by atoms with Gasteiger partial charge in [-0.25, -0.2) is 0 Å². The summed E-state index contributed by atoms with van der Waals surface area (Å²) in [5, 5.41) is 3.52. The zero-order valence-electron chi connectivity index (χ0n) is 11.7. The molecule has 1 heterocycles. The van der Waals surface area contributed by atoms with Crippen LogP contribution in [0.5, 0.6) is 0 Å². The lowest BCUT2D eigenvalue weighted by molar-refractivity contribution is 0.0194. The van der Waals surface area contributed by atoms with Crippen LogP contribution in [0, 0.1) is 5.92 Å². The molecule has 5 nitrogen and oxygen atoms in total. The van der Waals surface area contributed by atoms with Crippen LogP contribution in [0.25, 0.3) is 0 Å². The second-order valence-corrected chi connectivity index (χ2v) is 4.62. The van der Waals surface area contributed by atoms with E-state index in [-0.39, 0.29) is 0 Å². The number of hydrogen-bond donors (Lipinski definition) is 1. The maximum absolute atomic E-state index is 5.48. The Morgan fingerprint density at radius 2 is 1.83 bits per heavy atom. The quantitative estimate of drug-likeness (QED) is 0.586. The number of methoxy groups -OCH3 is 1. The summed E-state index contributed by atoms with van der Waals surface area (Å²) >= 11 is 0. The van der Waals surface area contributed by atoms with Gasteiger partial charge in [0, 0.05) is 26.3 Å². The van der Waals surface area contributed by atoms with Crippen LogP contribution < -0.4 is 5.32 Å². The summed E-state index contributed by atoms with van der Waals surface area (Å²) in [4.78, 5) is 0. The smallest absolute Gasteiger partial charge is 0.0701 e. The maximum atomic E-state index is 5.48. The summed E-state index contributed by atoms with van der Waals surface area (Å²) in [6.07, 6.45) is 1.10. The van der Waals surface area contributed by atoms with Gasteiger partial charge < -0.3 is 24.3 Å². The van der Waals surface area contributed by atoms with Gasteiger partial charge in [0.1, 0.15) is 0 Å². The van der Waals surface area contributed by atoms with E-state index in [0.29, 0.717) is 38.4 Å². The van der Waals surface area contributed by atoms with Gasteiger partial charge in [0.05, 0.1) is 39.6 Å². The Bertz CT molecular complexity index is 192. The minimum atomic E-state index is 0.570. The third-order valence-corrected chi connectivity index (χ3v) is 3.10. The van der Waals surface area contributed by atoms with Gasteiger partial charge in [-0.15, -0.1) is 0 Å². The van der Waals surface area contributed by atoms with E-state index in [1.807, 2.05) is 0 Å². The highest BCUT2D eigenvalue weighted by molar-refractivity contribution is 4.76. The van der Waals surface area contributed by atoms with E-state index < -0.39 is 0 Å². The monoisotopic (exact) mass is 261 g/mol. The van der Waals surface area contributed by atoms with Gasteiger partial charge >= 0.3 is 0 Å². The van der Waals surface area contributed by atoms with Crippen LogP contribution in [-0.2, 0) is 18.9 Å². The van der Waals surface area contributed by atoms with Gasteiger partial charge in [0.15, 0.2) is 0 Å². The Labute approximate surface area is 110 Å². The van der Waals surface area contributed by atoms with E-state index in [2.05, 4.69) is 12.2 Å². The average molecular weight is 261 g/mol. The SMILES string of the molecule is COCCOCCOCCNC1CCOCC1C. The summed E-state index contributed by atoms with van der Waals surface area (Å²) in [6, 6.07) is 0.570. The Hall–Kier alpha value is -0.200. The molecule has 1 saturated heterocycles. The molecule has 0 saturated carbocycles. The highest BCUT2D eigenvalue weighted by Gasteiger charge is 2.20. The van der Waals surface area contributed by atoms with Gasteiger partial charge in [-0.1, -0.05) is 6.92 Å². The zero-order chi connectivity index (χ0) is 13.1. The topological polar surface area (TPSA) is 49.0 Å². The van der Waals surface area contributed by atoms with Gasteiger partial charge in [0.25, 0.3) is 0 Å². The lowest BCUT2D eigenvalue weighted by atomic mass is 9.98. The van der Waals surface area contributed by atoms with Crippen molar-refractivity contribution >= 4 is 0 Å². The molecule has 5 heteroatoms. The highest BCUT2D eigenvalue weighted by Crippen LogP contribution is 2.13. The Morgan fingerprint density at radius 3 is 2.56 bits per heavy atom. The van der Waals surface area contributed by atoms with Crippen LogP contribution >= 0.6 is 0 Å². The molecule has 0 amide bonds. The molecule has 1 rings (SSSR count). The molecule has 18 heavy (non-hydrogen) atoms. The summed E-state index contributed by atoms with van der Waals surface area (Å²) < 4.78 is 21.1. The summed E-state index contributed by atoms with van der Waals surface area (Å²) in [5.74, 6) is 0.594. The van der Waals surface area contributed by atoms with Crippen molar-refractivity contribution in [3.05, 3.63) is 0 Å². The van der Waals surface area contributed by atoms with Crippen LogP contribution in [0.3, 0.4) is 0 Å². The Kier molecular flexibility index (Phi) is 9.42. The molecule has 108 valence electrons. The van der Waals surface area contributed by atoms with Crippen LogP contribution in [0.15, 0.2) is 0 Å². The molecule has 0 aliphatic carbocycles. The Balaban J connectivity index is 1.83. The molecule has 1 aliphatic heterocycles. The first kappa shape index (κ1) is 15.9. The molecule has 0 bridgehead atoms. The number of ether oxygens (including phenoxy) is 4. The third-order valence-electron chi connectivity index (χ3n) is 3.10. The molecule has 0 radical (unpaired) electrons. The van der Waals surface area contributed by atoms with Crippen molar-refractivity contribution in [3.63, 3.8) is 0 Å².